The summed E-state index contributed by atoms with van der Waals surface area (Å²) in [6, 6.07) is 0. The summed E-state index contributed by atoms with van der Waals surface area (Å²) in [5.74, 6) is 0.562. The molecule has 2 unspecified atom stereocenters. The highest BCUT2D eigenvalue weighted by molar-refractivity contribution is 6.71. The second-order valence-electron chi connectivity index (χ2n) is 6.25. The molecule has 0 aliphatic heterocycles. The molecule has 2 nitrogen and oxygen atoms in total. The fraction of sp³-hybridized carbons (Fsp3) is 0.857. The summed E-state index contributed by atoms with van der Waals surface area (Å²) in [5, 5.41) is 0. The van der Waals surface area contributed by atoms with Crippen LogP contribution >= 0.6 is 0 Å². The van der Waals surface area contributed by atoms with Crippen molar-refractivity contribution in [2.24, 2.45) is 11.3 Å². The average molecular weight is 258 g/mol. The van der Waals surface area contributed by atoms with Crippen molar-refractivity contribution in [2.75, 3.05) is 13.2 Å². The first-order valence-electron chi connectivity index (χ1n) is 6.64. The standard InChI is InChI=1S/C14H30O2Si/c1-8-10-15-17(7,9-2)16-12-13(3)11-14(4,5)6/h9,13H,2,8,10-12H2,1,3-7H3. The molecule has 0 aromatic carbocycles. The zero-order chi connectivity index (χ0) is 13.5. The fourth-order valence-corrected chi connectivity index (χ4v) is 3.42. The minimum atomic E-state index is -2.12. The predicted octanol–water partition coefficient (Wildman–Crippen LogP) is 4.30. The van der Waals surface area contributed by atoms with Gasteiger partial charge in [0.2, 0.25) is 0 Å². The van der Waals surface area contributed by atoms with Gasteiger partial charge in [-0.05, 0) is 36.4 Å². The second-order valence-corrected chi connectivity index (χ2v) is 9.27. The Morgan fingerprint density at radius 3 is 2.29 bits per heavy atom. The third-order valence-corrected chi connectivity index (χ3v) is 4.84. The van der Waals surface area contributed by atoms with Gasteiger partial charge in [0.15, 0.2) is 0 Å². The van der Waals surface area contributed by atoms with Gasteiger partial charge in [-0.15, -0.1) is 6.58 Å². The van der Waals surface area contributed by atoms with E-state index in [1.54, 1.807) is 0 Å². The normalized spacial score (nSPS) is 17.5. The molecule has 102 valence electrons. The van der Waals surface area contributed by atoms with Crippen LogP contribution in [0.1, 0.15) is 47.5 Å². The summed E-state index contributed by atoms with van der Waals surface area (Å²) in [4.78, 5) is 0. The van der Waals surface area contributed by atoms with E-state index in [1.165, 1.54) is 6.42 Å². The SMILES string of the molecule is C=C[Si](C)(OCCC)OCC(C)CC(C)(C)C. The third kappa shape index (κ3) is 8.58. The summed E-state index contributed by atoms with van der Waals surface area (Å²) in [6.07, 6.45) is 2.19. The Hall–Kier alpha value is -0.123. The Balaban J connectivity index is 4.09. The molecule has 0 fully saturated rings. The van der Waals surface area contributed by atoms with Crippen molar-refractivity contribution in [1.29, 1.82) is 0 Å². The molecule has 0 N–H and O–H groups in total. The summed E-state index contributed by atoms with van der Waals surface area (Å²) in [6.45, 7) is 18.6. The van der Waals surface area contributed by atoms with Gasteiger partial charge in [-0.1, -0.05) is 34.6 Å². The Labute approximate surface area is 109 Å². The van der Waals surface area contributed by atoms with Gasteiger partial charge in [-0.2, -0.15) is 0 Å². The molecular weight excluding hydrogens is 228 g/mol. The molecule has 0 saturated heterocycles. The van der Waals surface area contributed by atoms with Gasteiger partial charge < -0.3 is 8.85 Å². The maximum absolute atomic E-state index is 5.99. The van der Waals surface area contributed by atoms with E-state index in [1.807, 2.05) is 5.70 Å². The topological polar surface area (TPSA) is 18.5 Å². The predicted molar refractivity (Wildman–Crippen MR) is 77.2 cm³/mol. The van der Waals surface area contributed by atoms with Crippen molar-refractivity contribution in [3.8, 4) is 0 Å². The zero-order valence-corrected chi connectivity index (χ0v) is 13.5. The van der Waals surface area contributed by atoms with Crippen LogP contribution in [0, 0.1) is 11.3 Å². The number of hydrogen-bond donors (Lipinski definition) is 0. The highest BCUT2D eigenvalue weighted by atomic mass is 28.4. The summed E-state index contributed by atoms with van der Waals surface area (Å²) < 4.78 is 11.8. The highest BCUT2D eigenvalue weighted by Gasteiger charge is 2.28. The fourth-order valence-electron chi connectivity index (χ4n) is 1.88. The van der Waals surface area contributed by atoms with Gasteiger partial charge in [0.25, 0.3) is 0 Å². The molecule has 2 atom stereocenters. The molecule has 0 bridgehead atoms. The lowest BCUT2D eigenvalue weighted by Gasteiger charge is -2.28. The molecule has 17 heavy (non-hydrogen) atoms. The van der Waals surface area contributed by atoms with E-state index in [0.29, 0.717) is 11.3 Å². The van der Waals surface area contributed by atoms with Gasteiger partial charge in [-0.25, -0.2) is 0 Å². The van der Waals surface area contributed by atoms with E-state index in [0.717, 1.165) is 19.6 Å². The molecule has 0 saturated carbocycles. The Morgan fingerprint density at radius 2 is 1.88 bits per heavy atom. The first-order chi connectivity index (χ1) is 7.72. The first kappa shape index (κ1) is 16.9. The van der Waals surface area contributed by atoms with Gasteiger partial charge >= 0.3 is 8.56 Å². The molecule has 0 amide bonds. The van der Waals surface area contributed by atoms with Crippen molar-refractivity contribution in [2.45, 2.75) is 54.0 Å². The van der Waals surface area contributed by atoms with E-state index in [9.17, 15) is 0 Å². The molecular formula is C14H30O2Si. The lowest BCUT2D eigenvalue weighted by molar-refractivity contribution is 0.145. The van der Waals surface area contributed by atoms with Crippen molar-refractivity contribution >= 4 is 8.56 Å². The molecule has 0 aromatic heterocycles. The van der Waals surface area contributed by atoms with E-state index in [-0.39, 0.29) is 0 Å². The van der Waals surface area contributed by atoms with Gasteiger partial charge in [-0.3, -0.25) is 0 Å². The molecule has 0 aliphatic carbocycles. The Kier molecular flexibility index (Phi) is 7.29. The molecule has 0 aromatic rings. The van der Waals surface area contributed by atoms with Crippen LogP contribution in [0.3, 0.4) is 0 Å². The third-order valence-electron chi connectivity index (χ3n) is 2.58. The number of rotatable bonds is 8. The summed E-state index contributed by atoms with van der Waals surface area (Å²) in [7, 11) is -2.12. The molecule has 0 spiro atoms. The van der Waals surface area contributed by atoms with Crippen LogP contribution < -0.4 is 0 Å². The minimum absolute atomic E-state index is 0.360. The van der Waals surface area contributed by atoms with Gasteiger partial charge in [0.1, 0.15) is 0 Å². The average Bonchev–Trinajstić information content (AvgIpc) is 2.21. The summed E-state index contributed by atoms with van der Waals surface area (Å²) in [5.41, 5.74) is 2.24. The lowest BCUT2D eigenvalue weighted by Crippen LogP contribution is -2.38. The maximum atomic E-state index is 5.99. The minimum Gasteiger partial charge on any atom is -0.391 e. The Morgan fingerprint density at radius 1 is 1.29 bits per heavy atom. The first-order valence-corrected chi connectivity index (χ1v) is 9.03. The molecule has 3 heteroatoms. The van der Waals surface area contributed by atoms with Crippen molar-refractivity contribution in [1.82, 2.24) is 0 Å². The highest BCUT2D eigenvalue weighted by Crippen LogP contribution is 2.25. The van der Waals surface area contributed by atoms with E-state index in [4.69, 9.17) is 8.85 Å². The smallest absolute Gasteiger partial charge is 0.361 e. The summed E-state index contributed by atoms with van der Waals surface area (Å²) >= 11 is 0. The molecule has 0 radical (unpaired) electrons. The van der Waals surface area contributed by atoms with Crippen LogP contribution in [-0.4, -0.2) is 21.8 Å². The molecule has 0 heterocycles. The van der Waals surface area contributed by atoms with E-state index in [2.05, 4.69) is 47.7 Å². The maximum Gasteiger partial charge on any atom is 0.361 e. The van der Waals surface area contributed by atoms with Crippen molar-refractivity contribution in [3.05, 3.63) is 12.3 Å². The van der Waals surface area contributed by atoms with Crippen molar-refractivity contribution < 1.29 is 8.85 Å². The van der Waals surface area contributed by atoms with Crippen LogP contribution in [0.5, 0.6) is 0 Å². The lowest BCUT2D eigenvalue weighted by atomic mass is 9.86. The van der Waals surface area contributed by atoms with Crippen LogP contribution in [0.4, 0.5) is 0 Å². The molecule has 0 aliphatic rings. The van der Waals surface area contributed by atoms with Gasteiger partial charge in [0.05, 0.1) is 0 Å². The Bertz CT molecular complexity index is 223. The van der Waals surface area contributed by atoms with Crippen LogP contribution in [0.15, 0.2) is 12.3 Å². The molecule has 0 rings (SSSR count). The van der Waals surface area contributed by atoms with E-state index >= 15 is 0 Å². The van der Waals surface area contributed by atoms with E-state index < -0.39 is 8.56 Å². The van der Waals surface area contributed by atoms with Crippen molar-refractivity contribution in [3.63, 3.8) is 0 Å². The van der Waals surface area contributed by atoms with Gasteiger partial charge in [0, 0.05) is 13.2 Å². The largest absolute Gasteiger partial charge is 0.391 e. The van der Waals surface area contributed by atoms with Crippen LogP contribution in [-0.2, 0) is 8.85 Å². The monoisotopic (exact) mass is 258 g/mol. The zero-order valence-electron chi connectivity index (χ0n) is 12.5. The quantitative estimate of drug-likeness (QED) is 0.604. The van der Waals surface area contributed by atoms with Crippen LogP contribution in [0.2, 0.25) is 6.55 Å². The second kappa shape index (κ2) is 7.34. The number of hydrogen-bond acceptors (Lipinski definition) is 2. The van der Waals surface area contributed by atoms with Crippen LogP contribution in [0.25, 0.3) is 0 Å².